The molecular weight excluding hydrogens is 346 g/mol. The molecule has 0 atom stereocenters. The highest BCUT2D eigenvalue weighted by molar-refractivity contribution is 8.14. The van der Waals surface area contributed by atoms with E-state index in [1.54, 1.807) is 12.3 Å². The summed E-state index contributed by atoms with van der Waals surface area (Å²) in [5, 5.41) is 0.539. The second kappa shape index (κ2) is 6.87. The molecule has 0 unspecified atom stereocenters. The van der Waals surface area contributed by atoms with Gasteiger partial charge in [-0.2, -0.15) is 0 Å². The van der Waals surface area contributed by atoms with Crippen LogP contribution in [0.5, 0.6) is 5.75 Å². The molecule has 3 aromatic rings. The zero-order chi connectivity index (χ0) is 17.2. The average molecular weight is 364 g/mol. The van der Waals surface area contributed by atoms with Gasteiger partial charge in [-0.05, 0) is 24.1 Å². The lowest BCUT2D eigenvalue weighted by Crippen LogP contribution is -1.98. The molecule has 0 saturated carbocycles. The van der Waals surface area contributed by atoms with E-state index in [0.717, 1.165) is 17.5 Å². The summed E-state index contributed by atoms with van der Waals surface area (Å²) in [5.74, 6) is 0.542. The Hall–Kier alpha value is -1.98. The lowest BCUT2D eigenvalue weighted by atomic mass is 10.2. The van der Waals surface area contributed by atoms with Crippen LogP contribution in [-0.2, 0) is 15.6 Å². The molecule has 0 N–H and O–H groups in total. The minimum absolute atomic E-state index is 0.0850. The zero-order valence-corrected chi connectivity index (χ0v) is 14.8. The van der Waals surface area contributed by atoms with Crippen LogP contribution in [0.25, 0.3) is 10.9 Å². The maximum Gasteiger partial charge on any atom is 0.263 e. The predicted octanol–water partition coefficient (Wildman–Crippen LogP) is 4.41. The van der Waals surface area contributed by atoms with Crippen molar-refractivity contribution in [2.24, 2.45) is 0 Å². The van der Waals surface area contributed by atoms with Gasteiger partial charge in [0.2, 0.25) is 0 Å². The van der Waals surface area contributed by atoms with Gasteiger partial charge in [-0.3, -0.25) is 0 Å². The summed E-state index contributed by atoms with van der Waals surface area (Å²) in [6.07, 6.45) is 2.42. The van der Waals surface area contributed by atoms with Crippen LogP contribution in [0.1, 0.15) is 18.9 Å². The van der Waals surface area contributed by atoms with Gasteiger partial charge in [0.15, 0.2) is 0 Å². The lowest BCUT2D eigenvalue weighted by Gasteiger charge is -2.08. The van der Waals surface area contributed by atoms with Gasteiger partial charge in [0.05, 0.1) is 17.5 Å². The first-order valence-corrected chi connectivity index (χ1v) is 10.0. The first kappa shape index (κ1) is 16.9. The fourth-order valence-electron chi connectivity index (χ4n) is 2.71. The Balaban J connectivity index is 2.17. The third-order valence-corrected chi connectivity index (χ3v) is 5.09. The number of ether oxygens (including phenoxy) is 1. The van der Waals surface area contributed by atoms with Gasteiger partial charge in [-0.1, -0.05) is 43.3 Å². The molecule has 24 heavy (non-hydrogen) atoms. The highest BCUT2D eigenvalue weighted by atomic mass is 35.7. The Kier molecular flexibility index (Phi) is 4.83. The molecule has 0 spiro atoms. The summed E-state index contributed by atoms with van der Waals surface area (Å²) in [4.78, 5) is 0.0850. The van der Waals surface area contributed by atoms with E-state index in [2.05, 4.69) is 0 Å². The molecule has 2 aromatic carbocycles. The number of nitrogens with zero attached hydrogens (tertiary/aromatic N) is 1. The van der Waals surface area contributed by atoms with E-state index in [4.69, 9.17) is 15.4 Å². The normalized spacial score (nSPS) is 11.8. The van der Waals surface area contributed by atoms with E-state index in [0.29, 0.717) is 24.3 Å². The van der Waals surface area contributed by atoms with Gasteiger partial charge in [0.25, 0.3) is 9.05 Å². The molecule has 0 fully saturated rings. The van der Waals surface area contributed by atoms with Crippen molar-refractivity contribution in [2.45, 2.75) is 24.8 Å². The number of hydrogen-bond acceptors (Lipinski definition) is 3. The first-order valence-electron chi connectivity index (χ1n) is 7.74. The SMILES string of the molecule is CCCOc1cccc2c1c(S(=O)(=O)Cl)cn2Cc1ccccc1. The Morgan fingerprint density at radius 2 is 1.83 bits per heavy atom. The molecule has 4 nitrogen and oxygen atoms in total. The van der Waals surface area contributed by atoms with Crippen LogP contribution >= 0.6 is 10.7 Å². The molecule has 1 heterocycles. The molecule has 6 heteroatoms. The second-order valence-electron chi connectivity index (χ2n) is 5.54. The van der Waals surface area contributed by atoms with Crippen molar-refractivity contribution < 1.29 is 13.2 Å². The molecule has 0 radical (unpaired) electrons. The summed E-state index contributed by atoms with van der Waals surface area (Å²) in [6, 6.07) is 15.4. The summed E-state index contributed by atoms with van der Waals surface area (Å²) >= 11 is 0. The molecule has 0 amide bonds. The highest BCUT2D eigenvalue weighted by Crippen LogP contribution is 2.35. The van der Waals surface area contributed by atoms with Gasteiger partial charge >= 0.3 is 0 Å². The largest absolute Gasteiger partial charge is 0.493 e. The highest BCUT2D eigenvalue weighted by Gasteiger charge is 2.22. The summed E-state index contributed by atoms with van der Waals surface area (Å²) in [5.41, 5.74) is 1.86. The molecule has 0 aliphatic carbocycles. The minimum Gasteiger partial charge on any atom is -0.493 e. The lowest BCUT2D eigenvalue weighted by molar-refractivity contribution is 0.321. The summed E-state index contributed by atoms with van der Waals surface area (Å²) in [7, 11) is 1.79. The van der Waals surface area contributed by atoms with Crippen LogP contribution in [0.15, 0.2) is 59.6 Å². The van der Waals surface area contributed by atoms with E-state index >= 15 is 0 Å². The number of halogens is 1. The summed E-state index contributed by atoms with van der Waals surface area (Å²) < 4.78 is 31.7. The number of aromatic nitrogens is 1. The fourth-order valence-corrected chi connectivity index (χ4v) is 3.76. The van der Waals surface area contributed by atoms with Crippen molar-refractivity contribution >= 4 is 30.6 Å². The Morgan fingerprint density at radius 1 is 1.08 bits per heavy atom. The number of fused-ring (bicyclic) bond motifs is 1. The number of hydrogen-bond donors (Lipinski definition) is 0. The average Bonchev–Trinajstić information content (AvgIpc) is 2.93. The smallest absolute Gasteiger partial charge is 0.263 e. The Labute approximate surface area is 146 Å². The Bertz CT molecular complexity index is 949. The van der Waals surface area contributed by atoms with Crippen molar-refractivity contribution in [3.05, 3.63) is 60.3 Å². The van der Waals surface area contributed by atoms with Crippen molar-refractivity contribution in [3.8, 4) is 5.75 Å². The van der Waals surface area contributed by atoms with Crippen molar-refractivity contribution in [1.29, 1.82) is 0 Å². The van der Waals surface area contributed by atoms with E-state index in [1.165, 1.54) is 0 Å². The van der Waals surface area contributed by atoms with E-state index in [1.807, 2.05) is 54.0 Å². The number of rotatable bonds is 6. The maximum atomic E-state index is 12.0. The predicted molar refractivity (Wildman–Crippen MR) is 96.3 cm³/mol. The van der Waals surface area contributed by atoms with Crippen molar-refractivity contribution in [3.63, 3.8) is 0 Å². The molecule has 0 bridgehead atoms. The Morgan fingerprint density at radius 3 is 2.50 bits per heavy atom. The molecule has 1 aromatic heterocycles. The standard InChI is InChI=1S/C18H18ClNO3S/c1-2-11-23-16-10-6-9-15-18(16)17(24(19,21)22)13-20(15)12-14-7-4-3-5-8-14/h3-10,13H,2,11-12H2,1H3. The molecule has 3 rings (SSSR count). The van der Waals surface area contributed by atoms with Crippen LogP contribution in [0, 0.1) is 0 Å². The van der Waals surface area contributed by atoms with Crippen LogP contribution < -0.4 is 4.74 Å². The van der Waals surface area contributed by atoms with E-state index < -0.39 is 9.05 Å². The van der Waals surface area contributed by atoms with Gasteiger partial charge < -0.3 is 9.30 Å². The van der Waals surface area contributed by atoms with Gasteiger partial charge in [-0.25, -0.2) is 8.42 Å². The molecule has 0 aliphatic rings. The minimum atomic E-state index is -3.88. The monoisotopic (exact) mass is 363 g/mol. The molecule has 0 aliphatic heterocycles. The molecule has 126 valence electrons. The van der Waals surface area contributed by atoms with Crippen molar-refractivity contribution in [1.82, 2.24) is 4.57 Å². The maximum absolute atomic E-state index is 12.0. The van der Waals surface area contributed by atoms with Gasteiger partial charge in [0, 0.05) is 23.4 Å². The van der Waals surface area contributed by atoms with Crippen LogP contribution in [0.2, 0.25) is 0 Å². The van der Waals surface area contributed by atoms with Crippen LogP contribution in [-0.4, -0.2) is 19.6 Å². The second-order valence-corrected chi connectivity index (χ2v) is 8.08. The van der Waals surface area contributed by atoms with Crippen molar-refractivity contribution in [2.75, 3.05) is 6.61 Å². The van der Waals surface area contributed by atoms with Crippen LogP contribution in [0.4, 0.5) is 0 Å². The molecular formula is C18H18ClNO3S. The first-order chi connectivity index (χ1) is 11.5. The third kappa shape index (κ3) is 3.42. The topological polar surface area (TPSA) is 48.3 Å². The van der Waals surface area contributed by atoms with E-state index in [9.17, 15) is 8.42 Å². The quantitative estimate of drug-likeness (QED) is 0.609. The number of benzene rings is 2. The zero-order valence-electron chi connectivity index (χ0n) is 13.3. The fraction of sp³-hybridized carbons (Fsp3) is 0.222. The summed E-state index contributed by atoms with van der Waals surface area (Å²) in [6.45, 7) is 3.08. The molecule has 0 saturated heterocycles. The third-order valence-electron chi connectivity index (χ3n) is 3.75. The van der Waals surface area contributed by atoms with E-state index in [-0.39, 0.29) is 4.90 Å². The van der Waals surface area contributed by atoms with Crippen LogP contribution in [0.3, 0.4) is 0 Å². The van der Waals surface area contributed by atoms with Gasteiger partial charge in [0.1, 0.15) is 10.6 Å². The van der Waals surface area contributed by atoms with Gasteiger partial charge in [-0.15, -0.1) is 0 Å².